The van der Waals surface area contributed by atoms with Crippen LogP contribution in [0.3, 0.4) is 0 Å². The molecular weight excluding hydrogens is 292 g/mol. The fourth-order valence-electron chi connectivity index (χ4n) is 2.32. The van der Waals surface area contributed by atoms with Crippen molar-refractivity contribution in [2.75, 3.05) is 0 Å². The molecule has 3 aromatic rings. The maximum absolute atomic E-state index is 12.5. The second-order valence-corrected chi connectivity index (χ2v) is 5.22. The smallest absolute Gasteiger partial charge is 0.287 e. The van der Waals surface area contributed by atoms with E-state index in [0.717, 1.165) is 17.7 Å². The molecule has 1 atom stereocenters. The standard InChI is InChI=1S/C17H18N4O2/c1-3-13-9-10-14(23-13)17(22)19-15(12-7-5-4-6-8-12)16-18-11(2)20-21-16/h4-10,15H,3H2,1-2H3,(H,19,22)(H,18,20,21)/t15-/m0/s1. The van der Waals surface area contributed by atoms with Crippen LogP contribution in [0.1, 0.15) is 46.5 Å². The van der Waals surface area contributed by atoms with Gasteiger partial charge in [0.25, 0.3) is 5.91 Å². The number of carbonyl (C=O) groups is 1. The molecule has 0 saturated heterocycles. The van der Waals surface area contributed by atoms with Gasteiger partial charge in [-0.25, -0.2) is 4.98 Å². The Morgan fingerprint density at radius 1 is 1.26 bits per heavy atom. The van der Waals surface area contributed by atoms with Gasteiger partial charge in [0.1, 0.15) is 17.6 Å². The van der Waals surface area contributed by atoms with E-state index in [2.05, 4.69) is 20.5 Å². The van der Waals surface area contributed by atoms with Crippen LogP contribution in [0.2, 0.25) is 0 Å². The lowest BCUT2D eigenvalue weighted by Gasteiger charge is -2.15. The number of carbonyl (C=O) groups excluding carboxylic acids is 1. The summed E-state index contributed by atoms with van der Waals surface area (Å²) < 4.78 is 5.51. The van der Waals surface area contributed by atoms with Crippen molar-refractivity contribution >= 4 is 5.91 Å². The molecule has 2 aromatic heterocycles. The number of aromatic nitrogens is 3. The number of aromatic amines is 1. The lowest BCUT2D eigenvalue weighted by Crippen LogP contribution is -2.29. The number of benzene rings is 1. The van der Waals surface area contributed by atoms with E-state index in [-0.39, 0.29) is 11.7 Å². The summed E-state index contributed by atoms with van der Waals surface area (Å²) in [7, 11) is 0. The molecule has 0 bridgehead atoms. The maximum atomic E-state index is 12.5. The van der Waals surface area contributed by atoms with Crippen molar-refractivity contribution in [2.45, 2.75) is 26.3 Å². The van der Waals surface area contributed by atoms with E-state index in [4.69, 9.17) is 4.42 Å². The SMILES string of the molecule is CCc1ccc(C(=O)N[C@@H](c2ccccc2)c2n[nH]c(C)n2)o1. The Hall–Kier alpha value is -2.89. The monoisotopic (exact) mass is 310 g/mol. The van der Waals surface area contributed by atoms with Gasteiger partial charge in [0.2, 0.25) is 0 Å². The molecule has 23 heavy (non-hydrogen) atoms. The molecule has 1 aromatic carbocycles. The van der Waals surface area contributed by atoms with E-state index in [1.54, 1.807) is 6.07 Å². The van der Waals surface area contributed by atoms with Crippen LogP contribution < -0.4 is 5.32 Å². The molecule has 0 radical (unpaired) electrons. The number of nitrogens with zero attached hydrogens (tertiary/aromatic N) is 2. The van der Waals surface area contributed by atoms with E-state index in [0.29, 0.717) is 11.6 Å². The first-order valence-corrected chi connectivity index (χ1v) is 7.50. The first-order chi connectivity index (χ1) is 11.2. The normalized spacial score (nSPS) is 12.1. The van der Waals surface area contributed by atoms with Crippen LogP contribution in [-0.4, -0.2) is 21.1 Å². The second kappa shape index (κ2) is 6.48. The molecule has 6 heteroatoms. The predicted molar refractivity (Wildman–Crippen MR) is 85.0 cm³/mol. The molecule has 0 saturated carbocycles. The number of H-pyrrole nitrogens is 1. The minimum Gasteiger partial charge on any atom is -0.456 e. The van der Waals surface area contributed by atoms with E-state index < -0.39 is 6.04 Å². The van der Waals surface area contributed by atoms with Crippen LogP contribution in [0, 0.1) is 6.92 Å². The predicted octanol–water partition coefficient (Wildman–Crippen LogP) is 2.79. The number of amides is 1. The van der Waals surface area contributed by atoms with Gasteiger partial charge in [0.15, 0.2) is 11.6 Å². The molecule has 0 aliphatic heterocycles. The molecule has 2 heterocycles. The molecule has 2 N–H and O–H groups in total. The van der Waals surface area contributed by atoms with Gasteiger partial charge in [0, 0.05) is 6.42 Å². The van der Waals surface area contributed by atoms with E-state index >= 15 is 0 Å². The van der Waals surface area contributed by atoms with E-state index in [1.165, 1.54) is 0 Å². The summed E-state index contributed by atoms with van der Waals surface area (Å²) in [6, 6.07) is 12.6. The fourth-order valence-corrected chi connectivity index (χ4v) is 2.32. The van der Waals surface area contributed by atoms with Crippen LogP contribution in [0.5, 0.6) is 0 Å². The molecule has 1 amide bonds. The van der Waals surface area contributed by atoms with Crippen molar-refractivity contribution in [3.8, 4) is 0 Å². The number of rotatable bonds is 5. The van der Waals surface area contributed by atoms with Crippen molar-refractivity contribution in [1.29, 1.82) is 0 Å². The molecule has 3 rings (SSSR count). The number of furan rings is 1. The zero-order valence-corrected chi connectivity index (χ0v) is 13.0. The number of aryl methyl sites for hydroxylation is 2. The van der Waals surface area contributed by atoms with Gasteiger partial charge < -0.3 is 9.73 Å². The number of hydrogen-bond acceptors (Lipinski definition) is 4. The lowest BCUT2D eigenvalue weighted by molar-refractivity contribution is 0.0912. The summed E-state index contributed by atoms with van der Waals surface area (Å²) in [4.78, 5) is 16.8. The average Bonchev–Trinajstić information content (AvgIpc) is 3.22. The second-order valence-electron chi connectivity index (χ2n) is 5.22. The molecule has 0 aliphatic rings. The third kappa shape index (κ3) is 3.31. The van der Waals surface area contributed by atoms with Crippen LogP contribution in [-0.2, 0) is 6.42 Å². The van der Waals surface area contributed by atoms with Gasteiger partial charge in [-0.3, -0.25) is 9.89 Å². The Bertz CT molecular complexity index is 792. The summed E-state index contributed by atoms with van der Waals surface area (Å²) in [6.45, 7) is 3.80. The molecule has 0 fully saturated rings. The Morgan fingerprint density at radius 2 is 2.04 bits per heavy atom. The number of nitrogens with one attached hydrogen (secondary N) is 2. The number of hydrogen-bond donors (Lipinski definition) is 2. The van der Waals surface area contributed by atoms with E-state index in [1.807, 2.05) is 50.2 Å². The van der Waals surface area contributed by atoms with Crippen molar-refractivity contribution in [3.63, 3.8) is 0 Å². The minimum atomic E-state index is -0.441. The van der Waals surface area contributed by atoms with Crippen LogP contribution in [0.25, 0.3) is 0 Å². The third-order valence-corrected chi connectivity index (χ3v) is 3.51. The largest absolute Gasteiger partial charge is 0.456 e. The van der Waals surface area contributed by atoms with Gasteiger partial charge in [0.05, 0.1) is 0 Å². The first-order valence-electron chi connectivity index (χ1n) is 7.50. The lowest BCUT2D eigenvalue weighted by atomic mass is 10.1. The molecule has 0 unspecified atom stereocenters. The highest BCUT2D eigenvalue weighted by molar-refractivity contribution is 5.92. The van der Waals surface area contributed by atoms with Crippen molar-refractivity contribution < 1.29 is 9.21 Å². The van der Waals surface area contributed by atoms with Crippen molar-refractivity contribution in [3.05, 3.63) is 71.2 Å². The van der Waals surface area contributed by atoms with Gasteiger partial charge >= 0.3 is 0 Å². The summed E-state index contributed by atoms with van der Waals surface area (Å²) in [6.07, 6.45) is 0.746. The zero-order valence-electron chi connectivity index (χ0n) is 13.0. The minimum absolute atomic E-state index is 0.287. The van der Waals surface area contributed by atoms with Gasteiger partial charge in [-0.05, 0) is 24.6 Å². The first kappa shape index (κ1) is 15.0. The Morgan fingerprint density at radius 3 is 2.65 bits per heavy atom. The summed E-state index contributed by atoms with van der Waals surface area (Å²) >= 11 is 0. The summed E-state index contributed by atoms with van der Waals surface area (Å²) in [5.74, 6) is 1.99. The Balaban J connectivity index is 1.88. The van der Waals surface area contributed by atoms with Gasteiger partial charge in [-0.2, -0.15) is 5.10 Å². The molecule has 6 nitrogen and oxygen atoms in total. The molecule has 118 valence electrons. The van der Waals surface area contributed by atoms with Crippen molar-refractivity contribution in [1.82, 2.24) is 20.5 Å². The van der Waals surface area contributed by atoms with E-state index in [9.17, 15) is 4.79 Å². The molecular formula is C17H18N4O2. The van der Waals surface area contributed by atoms with Gasteiger partial charge in [-0.15, -0.1) is 0 Å². The van der Waals surface area contributed by atoms with Crippen LogP contribution in [0.4, 0.5) is 0 Å². The quantitative estimate of drug-likeness (QED) is 0.759. The van der Waals surface area contributed by atoms with Crippen LogP contribution in [0.15, 0.2) is 46.9 Å². The molecule has 0 spiro atoms. The Labute approximate surface area is 133 Å². The molecule has 0 aliphatic carbocycles. The topological polar surface area (TPSA) is 83.8 Å². The zero-order chi connectivity index (χ0) is 16.2. The summed E-state index contributed by atoms with van der Waals surface area (Å²) in [5, 5.41) is 9.93. The Kier molecular flexibility index (Phi) is 4.23. The maximum Gasteiger partial charge on any atom is 0.287 e. The fraction of sp³-hybridized carbons (Fsp3) is 0.235. The van der Waals surface area contributed by atoms with Gasteiger partial charge in [-0.1, -0.05) is 37.3 Å². The van der Waals surface area contributed by atoms with Crippen LogP contribution >= 0.6 is 0 Å². The third-order valence-electron chi connectivity index (χ3n) is 3.51. The highest BCUT2D eigenvalue weighted by Crippen LogP contribution is 2.20. The van der Waals surface area contributed by atoms with Crippen molar-refractivity contribution in [2.24, 2.45) is 0 Å². The summed E-state index contributed by atoms with van der Waals surface area (Å²) in [5.41, 5.74) is 0.905. The average molecular weight is 310 g/mol. The highest BCUT2D eigenvalue weighted by atomic mass is 16.3. The highest BCUT2D eigenvalue weighted by Gasteiger charge is 2.22.